The molecule has 1 aromatic heterocycles. The zero-order valence-corrected chi connectivity index (χ0v) is 10.5. The zero-order valence-electron chi connectivity index (χ0n) is 10.5. The summed E-state index contributed by atoms with van der Waals surface area (Å²) in [4.78, 5) is 4.03. The fourth-order valence-corrected chi connectivity index (χ4v) is 2.83. The van der Waals surface area contributed by atoms with E-state index in [4.69, 9.17) is 0 Å². The highest BCUT2D eigenvalue weighted by Crippen LogP contribution is 2.40. The quantitative estimate of drug-likeness (QED) is 0.856. The van der Waals surface area contributed by atoms with E-state index in [0.29, 0.717) is 11.6 Å². The van der Waals surface area contributed by atoms with Crippen molar-refractivity contribution in [3.63, 3.8) is 0 Å². The summed E-state index contributed by atoms with van der Waals surface area (Å²) in [7, 11) is 0. The van der Waals surface area contributed by atoms with Crippen molar-refractivity contribution in [3.05, 3.63) is 29.8 Å². The summed E-state index contributed by atoms with van der Waals surface area (Å²) in [6, 6.07) is 2.96. The van der Waals surface area contributed by atoms with Crippen LogP contribution in [0.25, 0.3) is 0 Å². The fourth-order valence-electron chi connectivity index (χ4n) is 2.83. The maximum absolute atomic E-state index is 12.8. The van der Waals surface area contributed by atoms with E-state index in [2.05, 4.69) is 11.9 Å². The minimum Gasteiger partial charge on any atom is -0.384 e. The molecule has 3 heteroatoms. The minimum atomic E-state index is -0.942. The van der Waals surface area contributed by atoms with Crippen molar-refractivity contribution in [2.24, 2.45) is 11.8 Å². The third-order valence-corrected chi connectivity index (χ3v) is 3.98. The van der Waals surface area contributed by atoms with Gasteiger partial charge in [-0.2, -0.15) is 0 Å². The Morgan fingerprint density at radius 1 is 1.41 bits per heavy atom. The molecule has 0 amide bonds. The largest absolute Gasteiger partial charge is 0.384 e. The molecular weight excluding hydrogens is 217 g/mol. The van der Waals surface area contributed by atoms with Gasteiger partial charge in [0.25, 0.3) is 0 Å². The monoisotopic (exact) mass is 237 g/mol. The van der Waals surface area contributed by atoms with Crippen molar-refractivity contribution in [2.45, 2.75) is 45.1 Å². The van der Waals surface area contributed by atoms with Crippen molar-refractivity contribution in [1.82, 2.24) is 4.98 Å². The first kappa shape index (κ1) is 12.5. The molecule has 1 fully saturated rings. The topological polar surface area (TPSA) is 33.1 Å². The molecule has 2 rings (SSSR count). The number of aromatic nitrogens is 1. The van der Waals surface area contributed by atoms with Crippen LogP contribution in [0.2, 0.25) is 0 Å². The number of hydrogen-bond acceptors (Lipinski definition) is 2. The van der Waals surface area contributed by atoms with Crippen LogP contribution in [0, 0.1) is 17.7 Å². The third-order valence-electron chi connectivity index (χ3n) is 3.98. The summed E-state index contributed by atoms with van der Waals surface area (Å²) in [6.07, 6.45) is 5.62. The second-order valence-electron chi connectivity index (χ2n) is 5.48. The first-order valence-corrected chi connectivity index (χ1v) is 6.34. The molecule has 1 heterocycles. The summed E-state index contributed by atoms with van der Waals surface area (Å²) in [5.74, 6) is 0.520. The Kier molecular flexibility index (Phi) is 3.48. The van der Waals surface area contributed by atoms with Gasteiger partial charge in [0.1, 0.15) is 11.4 Å². The fraction of sp³-hybridized carbons (Fsp3) is 0.643. The van der Waals surface area contributed by atoms with Crippen LogP contribution in [0.5, 0.6) is 0 Å². The number of rotatable bonds is 2. The molecule has 3 unspecified atom stereocenters. The maximum Gasteiger partial charge on any atom is 0.141 e. The highest BCUT2D eigenvalue weighted by molar-refractivity contribution is 5.14. The van der Waals surface area contributed by atoms with E-state index in [1.807, 2.05) is 0 Å². The lowest BCUT2D eigenvalue weighted by atomic mass is 9.72. The average molecular weight is 237 g/mol. The molecule has 0 spiro atoms. The Bertz CT molecular complexity index is 374. The van der Waals surface area contributed by atoms with Gasteiger partial charge < -0.3 is 5.11 Å². The Labute approximate surface area is 102 Å². The highest BCUT2D eigenvalue weighted by atomic mass is 19.1. The molecule has 1 N–H and O–H groups in total. The molecule has 1 saturated carbocycles. The van der Waals surface area contributed by atoms with E-state index in [0.717, 1.165) is 19.3 Å². The second-order valence-corrected chi connectivity index (χ2v) is 5.48. The molecule has 0 aromatic carbocycles. The van der Waals surface area contributed by atoms with E-state index in [1.165, 1.54) is 18.7 Å². The molecule has 0 aliphatic heterocycles. The van der Waals surface area contributed by atoms with Crippen LogP contribution in [-0.4, -0.2) is 10.1 Å². The maximum atomic E-state index is 12.8. The molecule has 1 aromatic rings. The van der Waals surface area contributed by atoms with Crippen LogP contribution in [0.1, 0.15) is 45.2 Å². The van der Waals surface area contributed by atoms with Crippen LogP contribution in [0.4, 0.5) is 4.39 Å². The molecule has 2 nitrogen and oxygen atoms in total. The molecule has 94 valence electrons. The third kappa shape index (κ3) is 2.65. The van der Waals surface area contributed by atoms with Gasteiger partial charge in [-0.3, -0.25) is 4.98 Å². The van der Waals surface area contributed by atoms with Gasteiger partial charge in [0.15, 0.2) is 0 Å². The Morgan fingerprint density at radius 3 is 2.76 bits per heavy atom. The van der Waals surface area contributed by atoms with Crippen molar-refractivity contribution >= 4 is 0 Å². The van der Waals surface area contributed by atoms with E-state index >= 15 is 0 Å². The van der Waals surface area contributed by atoms with Gasteiger partial charge in [-0.05, 0) is 43.7 Å². The van der Waals surface area contributed by atoms with Crippen LogP contribution in [0.15, 0.2) is 18.3 Å². The minimum absolute atomic E-state index is 0.226. The van der Waals surface area contributed by atoms with Gasteiger partial charge in [-0.25, -0.2) is 4.39 Å². The molecular formula is C14H20FNO. The Balaban J connectivity index is 2.19. The van der Waals surface area contributed by atoms with Crippen molar-refractivity contribution < 1.29 is 9.50 Å². The van der Waals surface area contributed by atoms with Gasteiger partial charge in [0.05, 0.1) is 11.9 Å². The Hall–Kier alpha value is -0.960. The van der Waals surface area contributed by atoms with Gasteiger partial charge >= 0.3 is 0 Å². The van der Waals surface area contributed by atoms with Crippen molar-refractivity contribution in [1.29, 1.82) is 0 Å². The van der Waals surface area contributed by atoms with Gasteiger partial charge in [-0.15, -0.1) is 0 Å². The lowest BCUT2D eigenvalue weighted by molar-refractivity contribution is -0.0330. The summed E-state index contributed by atoms with van der Waals surface area (Å²) < 4.78 is 12.8. The van der Waals surface area contributed by atoms with E-state index < -0.39 is 5.60 Å². The standard InChI is InChI=1S/C14H20FNO/c1-10-4-3-5-11(8-10)14(2,17)13-7-6-12(15)9-16-13/h6-7,9-11,17H,3-5,8H2,1-2H3. The number of halogens is 1. The van der Waals surface area contributed by atoms with Gasteiger partial charge in [0, 0.05) is 0 Å². The van der Waals surface area contributed by atoms with Gasteiger partial charge in [0.2, 0.25) is 0 Å². The summed E-state index contributed by atoms with van der Waals surface area (Å²) >= 11 is 0. The second kappa shape index (κ2) is 4.73. The molecule has 1 aliphatic rings. The summed E-state index contributed by atoms with van der Waals surface area (Å²) in [5, 5.41) is 10.6. The number of aliphatic hydroxyl groups is 1. The normalized spacial score (nSPS) is 28.7. The van der Waals surface area contributed by atoms with E-state index in [-0.39, 0.29) is 11.7 Å². The first-order valence-electron chi connectivity index (χ1n) is 6.34. The predicted octanol–water partition coefficient (Wildman–Crippen LogP) is 3.25. The first-order chi connectivity index (χ1) is 8.00. The van der Waals surface area contributed by atoms with E-state index in [9.17, 15) is 9.50 Å². The Morgan fingerprint density at radius 2 is 2.18 bits per heavy atom. The van der Waals surface area contributed by atoms with Crippen LogP contribution in [-0.2, 0) is 5.60 Å². The smallest absolute Gasteiger partial charge is 0.141 e. The lowest BCUT2D eigenvalue weighted by Crippen LogP contribution is -2.35. The SMILES string of the molecule is CC1CCCC(C(C)(O)c2ccc(F)cn2)C1. The number of nitrogens with zero attached hydrogens (tertiary/aromatic N) is 1. The number of pyridine rings is 1. The predicted molar refractivity (Wildman–Crippen MR) is 64.9 cm³/mol. The molecule has 17 heavy (non-hydrogen) atoms. The number of hydrogen-bond donors (Lipinski definition) is 1. The molecule has 3 atom stereocenters. The van der Waals surface area contributed by atoms with Gasteiger partial charge in [-0.1, -0.05) is 19.8 Å². The van der Waals surface area contributed by atoms with Crippen LogP contribution >= 0.6 is 0 Å². The molecule has 0 radical (unpaired) electrons. The zero-order chi connectivity index (χ0) is 12.5. The average Bonchev–Trinajstić information content (AvgIpc) is 2.29. The molecule has 0 saturated heterocycles. The van der Waals surface area contributed by atoms with Crippen molar-refractivity contribution in [3.8, 4) is 0 Å². The lowest BCUT2D eigenvalue weighted by Gasteiger charge is -2.37. The molecule has 0 bridgehead atoms. The van der Waals surface area contributed by atoms with E-state index in [1.54, 1.807) is 13.0 Å². The molecule has 1 aliphatic carbocycles. The van der Waals surface area contributed by atoms with Crippen LogP contribution in [0.3, 0.4) is 0 Å². The summed E-state index contributed by atoms with van der Waals surface area (Å²) in [5.41, 5.74) is -0.361. The van der Waals surface area contributed by atoms with Crippen molar-refractivity contribution in [2.75, 3.05) is 0 Å². The highest BCUT2D eigenvalue weighted by Gasteiger charge is 2.37. The van der Waals surface area contributed by atoms with Crippen LogP contribution < -0.4 is 0 Å². The summed E-state index contributed by atoms with van der Waals surface area (Å²) in [6.45, 7) is 4.02.